The largest absolute Gasteiger partial charge is 0.494 e. The highest BCUT2D eigenvalue weighted by molar-refractivity contribution is 7.91. The number of amides is 2. The van der Waals surface area contributed by atoms with Gasteiger partial charge in [-0.1, -0.05) is 6.92 Å². The molecule has 4 aromatic rings. The molecule has 11 nitrogen and oxygen atoms in total. The van der Waals surface area contributed by atoms with Crippen LogP contribution in [0.4, 0.5) is 26.4 Å². The molecule has 0 aliphatic heterocycles. The topological polar surface area (TPSA) is 162 Å². The second-order valence-electron chi connectivity index (χ2n) is 9.61. The van der Waals surface area contributed by atoms with E-state index in [0.717, 1.165) is 5.39 Å². The highest BCUT2D eigenvalue weighted by atomic mass is 32.2. The van der Waals surface area contributed by atoms with E-state index in [2.05, 4.69) is 20.9 Å². The van der Waals surface area contributed by atoms with Crippen LogP contribution in [0.5, 0.6) is 5.75 Å². The van der Waals surface area contributed by atoms with Crippen molar-refractivity contribution < 1.29 is 31.9 Å². The summed E-state index contributed by atoms with van der Waals surface area (Å²) in [6.45, 7) is 5.18. The molecule has 0 bridgehead atoms. The number of pyridine rings is 1. The Morgan fingerprint density at radius 2 is 1.75 bits per heavy atom. The summed E-state index contributed by atoms with van der Waals surface area (Å²) in [5.74, 6) is -0.757. The van der Waals surface area contributed by atoms with Gasteiger partial charge in [0, 0.05) is 35.1 Å². The van der Waals surface area contributed by atoms with Gasteiger partial charge in [0.15, 0.2) is 9.84 Å². The van der Waals surface area contributed by atoms with Gasteiger partial charge in [-0.25, -0.2) is 22.6 Å². The number of nitrogen functional groups attached to an aromatic ring is 1. The molecule has 44 heavy (non-hydrogen) atoms. The van der Waals surface area contributed by atoms with Crippen molar-refractivity contribution in [1.29, 1.82) is 0 Å². The van der Waals surface area contributed by atoms with Crippen molar-refractivity contribution in [3.63, 3.8) is 0 Å². The zero-order valence-corrected chi connectivity index (χ0v) is 25.3. The Hall–Kier alpha value is -4.91. The summed E-state index contributed by atoms with van der Waals surface area (Å²) in [6, 6.07) is 14.1. The number of fused-ring (bicyclic) bond motifs is 1. The number of hydrogen-bond donors (Lipinski definition) is 4. The Balaban J connectivity index is 1.69. The number of halogens is 1. The number of nitrogens with one attached hydrogen (secondary N) is 3. The van der Waals surface area contributed by atoms with E-state index in [1.54, 1.807) is 44.3 Å². The summed E-state index contributed by atoms with van der Waals surface area (Å²) < 4.78 is 51.4. The van der Waals surface area contributed by atoms with Crippen LogP contribution < -0.4 is 26.4 Å². The van der Waals surface area contributed by atoms with Crippen LogP contribution in [0.2, 0.25) is 0 Å². The van der Waals surface area contributed by atoms with Gasteiger partial charge in [0.2, 0.25) is 5.91 Å². The minimum atomic E-state index is -3.70. The zero-order valence-electron chi connectivity index (χ0n) is 24.5. The maximum absolute atomic E-state index is 15.3. The molecule has 0 spiro atoms. The smallest absolute Gasteiger partial charge is 0.411 e. The monoisotopic (exact) mass is 623 g/mol. The summed E-state index contributed by atoms with van der Waals surface area (Å²) in [4.78, 5) is 29.8. The molecule has 0 saturated carbocycles. The average molecular weight is 624 g/mol. The van der Waals surface area contributed by atoms with E-state index in [0.29, 0.717) is 29.2 Å². The molecule has 2 amide bonds. The fourth-order valence-electron chi connectivity index (χ4n) is 4.57. The number of ether oxygens (including phenoxy) is 2. The first-order valence-electron chi connectivity index (χ1n) is 14.0. The average Bonchev–Trinajstić information content (AvgIpc) is 3.00. The Labute approximate surface area is 254 Å². The van der Waals surface area contributed by atoms with E-state index >= 15 is 4.39 Å². The molecule has 232 valence electrons. The van der Waals surface area contributed by atoms with Crippen LogP contribution in [0.3, 0.4) is 0 Å². The van der Waals surface area contributed by atoms with Crippen LogP contribution in [0.15, 0.2) is 71.8 Å². The number of aromatic nitrogens is 1. The van der Waals surface area contributed by atoms with Crippen LogP contribution in [0.25, 0.3) is 10.8 Å². The quantitative estimate of drug-likeness (QED) is 0.166. The SMILES string of the molecule is CCOC(=O)Nc1ccc(S(=O)(=O)CC)c(CNC(=O)C(Nc2ccc3c(N)nccc3c2)c2cc(OCC)ccc2F)c1. The predicted octanol–water partition coefficient (Wildman–Crippen LogP) is 5.19. The fourth-order valence-corrected chi connectivity index (χ4v) is 5.68. The lowest BCUT2D eigenvalue weighted by atomic mass is 10.0. The third kappa shape index (κ3) is 7.53. The van der Waals surface area contributed by atoms with Gasteiger partial charge in [-0.05, 0) is 85.5 Å². The first kappa shape index (κ1) is 32.0. The van der Waals surface area contributed by atoms with Gasteiger partial charge < -0.3 is 25.8 Å². The van der Waals surface area contributed by atoms with Gasteiger partial charge >= 0.3 is 6.09 Å². The summed E-state index contributed by atoms with van der Waals surface area (Å²) in [6.07, 6.45) is 0.847. The van der Waals surface area contributed by atoms with Crippen molar-refractivity contribution >= 4 is 49.8 Å². The van der Waals surface area contributed by atoms with E-state index < -0.39 is 33.7 Å². The number of nitrogens with zero attached hydrogens (tertiary/aromatic N) is 1. The fraction of sp³-hybridized carbons (Fsp3) is 0.258. The van der Waals surface area contributed by atoms with E-state index in [1.807, 2.05) is 0 Å². The van der Waals surface area contributed by atoms with Crippen molar-refractivity contribution in [2.24, 2.45) is 0 Å². The molecule has 0 aliphatic carbocycles. The molecule has 0 saturated heterocycles. The van der Waals surface area contributed by atoms with E-state index in [-0.39, 0.29) is 40.6 Å². The van der Waals surface area contributed by atoms with E-state index in [9.17, 15) is 18.0 Å². The van der Waals surface area contributed by atoms with Crippen LogP contribution >= 0.6 is 0 Å². The Morgan fingerprint density at radius 1 is 0.977 bits per heavy atom. The van der Waals surface area contributed by atoms with E-state index in [4.69, 9.17) is 15.2 Å². The molecule has 5 N–H and O–H groups in total. The van der Waals surface area contributed by atoms with Crippen LogP contribution in [-0.4, -0.2) is 44.4 Å². The number of rotatable bonds is 12. The van der Waals surface area contributed by atoms with Crippen molar-refractivity contribution in [2.45, 2.75) is 38.3 Å². The number of anilines is 3. The predicted molar refractivity (Wildman–Crippen MR) is 167 cm³/mol. The maximum atomic E-state index is 15.3. The van der Waals surface area contributed by atoms with Crippen molar-refractivity contribution in [3.8, 4) is 5.75 Å². The summed E-state index contributed by atoms with van der Waals surface area (Å²) in [7, 11) is -3.70. The van der Waals surface area contributed by atoms with Crippen LogP contribution in [0, 0.1) is 5.82 Å². The highest BCUT2D eigenvalue weighted by Gasteiger charge is 2.26. The number of carbonyl (C=O) groups excluding carboxylic acids is 2. The zero-order chi connectivity index (χ0) is 31.9. The van der Waals surface area contributed by atoms with Gasteiger partial charge in [-0.15, -0.1) is 0 Å². The highest BCUT2D eigenvalue weighted by Crippen LogP contribution is 2.30. The minimum absolute atomic E-state index is 0.00975. The molecule has 13 heteroatoms. The lowest BCUT2D eigenvalue weighted by molar-refractivity contribution is -0.122. The molecule has 0 fully saturated rings. The molecule has 1 unspecified atom stereocenters. The van der Waals surface area contributed by atoms with Crippen LogP contribution in [-0.2, 0) is 25.9 Å². The number of nitrogens with two attached hydrogens (primary N) is 1. The molecular formula is C31H34FN5O6S. The molecule has 1 atom stereocenters. The van der Waals surface area contributed by atoms with Crippen molar-refractivity contribution in [1.82, 2.24) is 10.3 Å². The van der Waals surface area contributed by atoms with Crippen molar-refractivity contribution in [2.75, 3.05) is 35.3 Å². The number of carbonyl (C=O) groups is 2. The first-order chi connectivity index (χ1) is 21.1. The molecule has 1 aromatic heterocycles. The maximum Gasteiger partial charge on any atom is 0.411 e. The van der Waals surface area contributed by atoms with Gasteiger partial charge in [-0.3, -0.25) is 10.1 Å². The normalized spacial score (nSPS) is 11.9. The lowest BCUT2D eigenvalue weighted by Crippen LogP contribution is -2.34. The third-order valence-corrected chi connectivity index (χ3v) is 8.54. The Bertz CT molecular complexity index is 1780. The van der Waals surface area contributed by atoms with E-state index in [1.165, 1.54) is 43.3 Å². The van der Waals surface area contributed by atoms with Gasteiger partial charge in [0.25, 0.3) is 0 Å². The lowest BCUT2D eigenvalue weighted by Gasteiger charge is -2.22. The van der Waals surface area contributed by atoms with Crippen LogP contribution in [0.1, 0.15) is 37.9 Å². The third-order valence-electron chi connectivity index (χ3n) is 6.71. The molecule has 0 aliphatic rings. The second-order valence-corrected chi connectivity index (χ2v) is 11.9. The summed E-state index contributed by atoms with van der Waals surface area (Å²) in [5.41, 5.74) is 7.00. The molecular weight excluding hydrogens is 589 g/mol. The number of hydrogen-bond acceptors (Lipinski definition) is 9. The summed E-state index contributed by atoms with van der Waals surface area (Å²) >= 11 is 0. The first-order valence-corrected chi connectivity index (χ1v) is 15.6. The van der Waals surface area contributed by atoms with Gasteiger partial charge in [0.05, 0.1) is 23.9 Å². The summed E-state index contributed by atoms with van der Waals surface area (Å²) in [5, 5.41) is 9.84. The standard InChI is InChI=1S/C31H34FN5O6S/c1-4-42-23-9-11-26(32)25(17-23)28(36-21-7-10-24-19(15-21)13-14-34-29(24)33)30(38)35-18-20-16-22(37-31(39)43-5-2)8-12-27(20)44(40,41)6-3/h7-17,28,36H,4-6,18H2,1-3H3,(H2,33,34)(H,35,38)(H,37,39). The molecule has 1 heterocycles. The second kappa shape index (κ2) is 14.0. The molecule has 4 rings (SSSR count). The minimum Gasteiger partial charge on any atom is -0.494 e. The van der Waals surface area contributed by atoms with Gasteiger partial charge in [0.1, 0.15) is 23.4 Å². The van der Waals surface area contributed by atoms with Crippen molar-refractivity contribution in [3.05, 3.63) is 83.8 Å². The van der Waals surface area contributed by atoms with Gasteiger partial charge in [-0.2, -0.15) is 0 Å². The molecule has 3 aromatic carbocycles. The molecule has 0 radical (unpaired) electrons. The Kier molecular flexibility index (Phi) is 10.2. The number of benzene rings is 3. The number of sulfone groups is 1. The Morgan fingerprint density at radius 3 is 2.48 bits per heavy atom.